The molecule has 0 saturated heterocycles. The number of anilines is 1. The zero-order valence-corrected chi connectivity index (χ0v) is 10.9. The number of rotatable bonds is 1. The molecule has 1 rings (SSSR count). The Morgan fingerprint density at radius 2 is 1.88 bits per heavy atom. The van der Waals surface area contributed by atoms with Gasteiger partial charge in [0.05, 0.1) is 12.8 Å². The second kappa shape index (κ2) is 5.58. The third kappa shape index (κ3) is 3.29. The smallest absolute Gasteiger partial charge is 0.376 e. The van der Waals surface area contributed by atoms with Crippen molar-refractivity contribution in [1.29, 1.82) is 0 Å². The number of carbonyl (C=O) groups is 1. The Morgan fingerprint density at radius 3 is 2.19 bits per heavy atom. The highest BCUT2D eigenvalue weighted by atomic mass is 16.5. The van der Waals surface area contributed by atoms with Crippen molar-refractivity contribution in [3.63, 3.8) is 0 Å². The first-order valence-corrected chi connectivity index (χ1v) is 5.34. The van der Waals surface area contributed by atoms with E-state index in [9.17, 15) is 4.79 Å². The van der Waals surface area contributed by atoms with Gasteiger partial charge in [0.25, 0.3) is 0 Å². The summed E-state index contributed by atoms with van der Waals surface area (Å²) in [5, 5.41) is 0. The van der Waals surface area contributed by atoms with Crippen LogP contribution in [0.3, 0.4) is 0 Å². The predicted octanol–water partition coefficient (Wildman–Crippen LogP) is 2.97. The summed E-state index contributed by atoms with van der Waals surface area (Å²) in [5.74, 6) is 0.214. The standard InChI is InChI=1S/C10H15NO3.C2H6/c1-10(2,3)7-5-6(11)8(14-7)9(12)13-4;1-2/h5H,11H2,1-4H3;1-2H3. The molecule has 0 radical (unpaired) electrons. The van der Waals surface area contributed by atoms with Gasteiger partial charge in [0.2, 0.25) is 5.76 Å². The summed E-state index contributed by atoms with van der Waals surface area (Å²) in [4.78, 5) is 11.2. The summed E-state index contributed by atoms with van der Waals surface area (Å²) >= 11 is 0. The number of nitrogen functional groups attached to an aromatic ring is 1. The largest absolute Gasteiger partial charge is 0.463 e. The van der Waals surface area contributed by atoms with Crippen LogP contribution in [0.25, 0.3) is 0 Å². The number of ether oxygens (including phenoxy) is 1. The van der Waals surface area contributed by atoms with Crippen LogP contribution in [0.1, 0.15) is 50.9 Å². The molecule has 0 aliphatic heterocycles. The molecule has 2 N–H and O–H groups in total. The van der Waals surface area contributed by atoms with Gasteiger partial charge in [-0.3, -0.25) is 0 Å². The van der Waals surface area contributed by atoms with Crippen molar-refractivity contribution >= 4 is 11.7 Å². The van der Waals surface area contributed by atoms with E-state index in [1.165, 1.54) is 7.11 Å². The van der Waals surface area contributed by atoms with E-state index in [4.69, 9.17) is 10.2 Å². The zero-order chi connectivity index (χ0) is 12.9. The van der Waals surface area contributed by atoms with Crippen molar-refractivity contribution in [1.82, 2.24) is 0 Å². The normalized spacial score (nSPS) is 10.4. The second-order valence-electron chi connectivity index (χ2n) is 4.14. The van der Waals surface area contributed by atoms with Crippen LogP contribution in [-0.2, 0) is 10.2 Å². The van der Waals surface area contributed by atoms with Gasteiger partial charge in [-0.1, -0.05) is 34.6 Å². The van der Waals surface area contributed by atoms with Crippen LogP contribution in [0.4, 0.5) is 5.69 Å². The molecule has 0 bridgehead atoms. The Balaban J connectivity index is 0.00000106. The van der Waals surface area contributed by atoms with Crippen LogP contribution < -0.4 is 5.73 Å². The number of hydrogen-bond acceptors (Lipinski definition) is 4. The van der Waals surface area contributed by atoms with Crippen LogP contribution >= 0.6 is 0 Å². The monoisotopic (exact) mass is 227 g/mol. The molecular formula is C12H21NO3. The minimum Gasteiger partial charge on any atom is -0.463 e. The number of carbonyl (C=O) groups excluding carboxylic acids is 1. The van der Waals surface area contributed by atoms with E-state index >= 15 is 0 Å². The minimum absolute atomic E-state index is 0.0809. The molecule has 0 unspecified atom stereocenters. The summed E-state index contributed by atoms with van der Waals surface area (Å²) in [6.45, 7) is 9.94. The first-order chi connectivity index (χ1) is 7.36. The van der Waals surface area contributed by atoms with Crippen LogP contribution in [0.15, 0.2) is 10.5 Å². The molecule has 0 fully saturated rings. The van der Waals surface area contributed by atoms with Crippen molar-refractivity contribution in [2.75, 3.05) is 12.8 Å². The van der Waals surface area contributed by atoms with Gasteiger partial charge in [-0.2, -0.15) is 0 Å². The lowest BCUT2D eigenvalue weighted by Gasteiger charge is -2.13. The molecule has 0 atom stereocenters. The summed E-state index contributed by atoms with van der Waals surface area (Å²) in [6, 6.07) is 1.66. The number of furan rings is 1. The quantitative estimate of drug-likeness (QED) is 0.749. The summed E-state index contributed by atoms with van der Waals surface area (Å²) < 4.78 is 9.86. The lowest BCUT2D eigenvalue weighted by Crippen LogP contribution is -2.09. The molecule has 0 spiro atoms. The Morgan fingerprint density at radius 1 is 1.38 bits per heavy atom. The fraction of sp³-hybridized carbons (Fsp3) is 0.583. The fourth-order valence-electron chi connectivity index (χ4n) is 1.03. The van der Waals surface area contributed by atoms with Crippen LogP contribution in [0, 0.1) is 0 Å². The van der Waals surface area contributed by atoms with Crippen molar-refractivity contribution < 1.29 is 13.9 Å². The first-order valence-electron chi connectivity index (χ1n) is 5.34. The van der Waals surface area contributed by atoms with Gasteiger partial charge in [0, 0.05) is 11.5 Å². The Hall–Kier alpha value is -1.45. The lowest BCUT2D eigenvalue weighted by molar-refractivity contribution is 0.0563. The number of methoxy groups -OCH3 is 1. The molecule has 0 aromatic carbocycles. The maximum atomic E-state index is 11.2. The van der Waals surface area contributed by atoms with Crippen LogP contribution in [-0.4, -0.2) is 13.1 Å². The molecule has 92 valence electrons. The molecule has 16 heavy (non-hydrogen) atoms. The van der Waals surface area contributed by atoms with E-state index in [-0.39, 0.29) is 11.2 Å². The highest BCUT2D eigenvalue weighted by Crippen LogP contribution is 2.28. The molecule has 4 heteroatoms. The van der Waals surface area contributed by atoms with Gasteiger partial charge in [0.1, 0.15) is 5.76 Å². The molecule has 0 aliphatic rings. The van der Waals surface area contributed by atoms with Gasteiger partial charge >= 0.3 is 5.97 Å². The molecule has 0 amide bonds. The zero-order valence-electron chi connectivity index (χ0n) is 10.9. The van der Waals surface area contributed by atoms with Crippen molar-refractivity contribution in [3.8, 4) is 0 Å². The van der Waals surface area contributed by atoms with Crippen LogP contribution in [0.5, 0.6) is 0 Å². The predicted molar refractivity (Wildman–Crippen MR) is 64.5 cm³/mol. The third-order valence-electron chi connectivity index (χ3n) is 1.87. The highest BCUT2D eigenvalue weighted by molar-refractivity contribution is 5.92. The lowest BCUT2D eigenvalue weighted by atomic mass is 9.93. The van der Waals surface area contributed by atoms with Gasteiger partial charge < -0.3 is 14.9 Å². The summed E-state index contributed by atoms with van der Waals surface area (Å²) in [7, 11) is 1.29. The fourth-order valence-corrected chi connectivity index (χ4v) is 1.03. The van der Waals surface area contributed by atoms with Crippen LogP contribution in [0.2, 0.25) is 0 Å². The Labute approximate surface area is 96.8 Å². The van der Waals surface area contributed by atoms with Gasteiger partial charge in [-0.25, -0.2) is 4.79 Å². The molecule has 1 aromatic rings. The molecule has 4 nitrogen and oxygen atoms in total. The van der Waals surface area contributed by atoms with Gasteiger partial charge in [-0.05, 0) is 0 Å². The van der Waals surface area contributed by atoms with E-state index in [2.05, 4.69) is 4.74 Å². The average molecular weight is 227 g/mol. The summed E-state index contributed by atoms with van der Waals surface area (Å²) in [5.41, 5.74) is 5.77. The minimum atomic E-state index is -0.544. The van der Waals surface area contributed by atoms with Crippen molar-refractivity contribution in [3.05, 3.63) is 17.6 Å². The molecule has 1 aromatic heterocycles. The summed E-state index contributed by atoms with van der Waals surface area (Å²) in [6.07, 6.45) is 0. The van der Waals surface area contributed by atoms with E-state index in [0.29, 0.717) is 11.4 Å². The molecular weight excluding hydrogens is 206 g/mol. The average Bonchev–Trinajstić information content (AvgIpc) is 2.62. The number of hydrogen-bond donors (Lipinski definition) is 1. The maximum Gasteiger partial charge on any atom is 0.376 e. The van der Waals surface area contributed by atoms with E-state index in [0.717, 1.165) is 0 Å². The topological polar surface area (TPSA) is 65.5 Å². The SMILES string of the molecule is CC.COC(=O)c1oc(C(C)(C)C)cc1N. The number of esters is 1. The van der Waals surface area contributed by atoms with Gasteiger partial charge in [0.15, 0.2) is 0 Å². The third-order valence-corrected chi connectivity index (χ3v) is 1.87. The first kappa shape index (κ1) is 14.6. The maximum absolute atomic E-state index is 11.2. The second-order valence-corrected chi connectivity index (χ2v) is 4.14. The Kier molecular flexibility index (Phi) is 5.08. The Bertz CT molecular complexity index is 348. The number of nitrogens with two attached hydrogens (primary N) is 1. The van der Waals surface area contributed by atoms with Crippen molar-refractivity contribution in [2.45, 2.75) is 40.0 Å². The van der Waals surface area contributed by atoms with Gasteiger partial charge in [-0.15, -0.1) is 0 Å². The molecule has 1 heterocycles. The highest BCUT2D eigenvalue weighted by Gasteiger charge is 2.24. The molecule has 0 aliphatic carbocycles. The van der Waals surface area contributed by atoms with Crippen molar-refractivity contribution in [2.24, 2.45) is 0 Å². The van der Waals surface area contributed by atoms with E-state index in [1.54, 1.807) is 6.07 Å². The van der Waals surface area contributed by atoms with E-state index in [1.807, 2.05) is 34.6 Å². The van der Waals surface area contributed by atoms with E-state index < -0.39 is 5.97 Å². The molecule has 0 saturated carbocycles.